The fraction of sp³-hybridized carbons (Fsp3) is 0.400. The van der Waals surface area contributed by atoms with E-state index < -0.39 is 9.84 Å². The largest absolute Gasteiger partial charge is 0.382 e. The summed E-state index contributed by atoms with van der Waals surface area (Å²) >= 11 is 1.57. The molecule has 1 amide bonds. The highest BCUT2D eigenvalue weighted by atomic mass is 32.2. The number of rotatable bonds is 4. The Balaban J connectivity index is 1.45. The maximum absolute atomic E-state index is 12.9. The Bertz CT molecular complexity index is 1630. The zero-order valence-electron chi connectivity index (χ0n) is 20.7. The van der Waals surface area contributed by atoms with Crippen molar-refractivity contribution in [1.82, 2.24) is 29.5 Å². The summed E-state index contributed by atoms with van der Waals surface area (Å²) in [6.45, 7) is 3.55. The molecule has 0 aromatic carbocycles. The van der Waals surface area contributed by atoms with Crippen molar-refractivity contribution in [3.8, 4) is 22.5 Å². The average molecular weight is 538 g/mol. The summed E-state index contributed by atoms with van der Waals surface area (Å²) in [6, 6.07) is 4.01. The van der Waals surface area contributed by atoms with E-state index in [4.69, 9.17) is 10.7 Å². The van der Waals surface area contributed by atoms with Crippen LogP contribution < -0.4 is 5.73 Å². The molecule has 2 N–H and O–H groups in total. The quantitative estimate of drug-likeness (QED) is 0.418. The molecule has 0 saturated carbocycles. The highest BCUT2D eigenvalue weighted by Crippen LogP contribution is 2.45. The number of hydrogen-bond acceptors (Lipinski definition) is 9. The monoisotopic (exact) mass is 537 g/mol. The van der Waals surface area contributed by atoms with Gasteiger partial charge in [-0.05, 0) is 38.7 Å². The summed E-state index contributed by atoms with van der Waals surface area (Å²) in [4.78, 5) is 28.2. The highest BCUT2D eigenvalue weighted by Gasteiger charge is 2.44. The van der Waals surface area contributed by atoms with Crippen molar-refractivity contribution in [1.29, 1.82) is 0 Å². The third-order valence-electron chi connectivity index (χ3n) is 7.47. The first kappa shape index (κ1) is 24.0. The van der Waals surface area contributed by atoms with E-state index in [1.54, 1.807) is 30.7 Å². The van der Waals surface area contributed by atoms with E-state index in [0.717, 1.165) is 41.1 Å². The molecule has 10 nitrogen and oxygen atoms in total. The molecule has 3 atom stereocenters. The number of fused-ring (bicyclic) bond motifs is 3. The van der Waals surface area contributed by atoms with Crippen LogP contribution in [0.2, 0.25) is 0 Å². The molecule has 12 heteroatoms. The molecule has 0 radical (unpaired) electrons. The summed E-state index contributed by atoms with van der Waals surface area (Å²) in [5, 5.41) is 7.33. The number of amides is 1. The van der Waals surface area contributed by atoms with E-state index in [0.29, 0.717) is 29.7 Å². The molecule has 2 aliphatic rings. The first-order valence-corrected chi connectivity index (χ1v) is 14.9. The second-order valence-corrected chi connectivity index (χ2v) is 13.0. The number of aryl methyl sites for hydroxylation is 1. The van der Waals surface area contributed by atoms with Crippen molar-refractivity contribution in [3.05, 3.63) is 40.6 Å². The number of carbonyl (C=O) groups excluding carboxylic acids is 1. The van der Waals surface area contributed by atoms with E-state index in [9.17, 15) is 13.2 Å². The van der Waals surface area contributed by atoms with Crippen LogP contribution in [0.3, 0.4) is 0 Å². The number of piperidine rings is 1. The summed E-state index contributed by atoms with van der Waals surface area (Å²) in [5.41, 5.74) is 10.5. The molecule has 6 heterocycles. The maximum atomic E-state index is 12.9. The molecule has 6 rings (SSSR count). The third-order valence-corrected chi connectivity index (χ3v) is 9.41. The van der Waals surface area contributed by atoms with Crippen molar-refractivity contribution < 1.29 is 13.2 Å². The van der Waals surface area contributed by atoms with Crippen LogP contribution in [0.25, 0.3) is 28.2 Å². The Kier molecular flexibility index (Phi) is 5.57. The van der Waals surface area contributed by atoms with Crippen LogP contribution in [0.1, 0.15) is 49.2 Å². The minimum absolute atomic E-state index is 0.0303. The van der Waals surface area contributed by atoms with E-state index in [1.807, 2.05) is 29.3 Å². The molecule has 37 heavy (non-hydrogen) atoms. The lowest BCUT2D eigenvalue weighted by Gasteiger charge is -2.38. The second kappa shape index (κ2) is 8.59. The number of nitrogens with zero attached hydrogens (tertiary/aromatic N) is 6. The molecule has 2 fully saturated rings. The number of anilines is 1. The number of carbonyl (C=O) groups is 1. The standard InChI is InChI=1S/C25H27N7O3S2/c1-13-29-21(12-36-13)20-7-4-15(10-27-20)19-11-28-32-24(26)23(37(3,34)35)22(30-25(19)32)16-8-17-5-6-18(9-16)31(17)14(2)33/h4,7,10-12,16-18H,5-6,8-9,26H2,1-3H3/t16-,17+,18-. The molecular formula is C25H27N7O3S2. The second-order valence-electron chi connectivity index (χ2n) is 9.94. The van der Waals surface area contributed by atoms with Gasteiger partial charge in [-0.2, -0.15) is 9.61 Å². The molecule has 2 saturated heterocycles. The fourth-order valence-electron chi connectivity index (χ4n) is 5.98. The van der Waals surface area contributed by atoms with Crippen LogP contribution >= 0.6 is 11.3 Å². The van der Waals surface area contributed by atoms with Crippen molar-refractivity contribution in [2.24, 2.45) is 0 Å². The van der Waals surface area contributed by atoms with Crippen LogP contribution in [0, 0.1) is 6.92 Å². The van der Waals surface area contributed by atoms with Crippen LogP contribution in [0.15, 0.2) is 34.8 Å². The van der Waals surface area contributed by atoms with Gasteiger partial charge in [0.15, 0.2) is 15.5 Å². The smallest absolute Gasteiger partial charge is 0.219 e. The Labute approximate surface area is 218 Å². The lowest BCUT2D eigenvalue weighted by Crippen LogP contribution is -2.45. The molecule has 4 aromatic rings. The predicted octanol–water partition coefficient (Wildman–Crippen LogP) is 3.47. The van der Waals surface area contributed by atoms with Gasteiger partial charge >= 0.3 is 0 Å². The van der Waals surface area contributed by atoms with Gasteiger partial charge in [0.25, 0.3) is 0 Å². The van der Waals surface area contributed by atoms with Crippen LogP contribution in [-0.2, 0) is 14.6 Å². The van der Waals surface area contributed by atoms with E-state index in [-0.39, 0.29) is 34.6 Å². The van der Waals surface area contributed by atoms with Crippen LogP contribution in [-0.4, -0.2) is 62.1 Å². The Morgan fingerprint density at radius 2 is 1.84 bits per heavy atom. The van der Waals surface area contributed by atoms with Gasteiger partial charge in [0.05, 0.1) is 28.3 Å². The fourth-order valence-corrected chi connectivity index (χ4v) is 7.64. The molecule has 0 spiro atoms. The van der Waals surface area contributed by atoms with Gasteiger partial charge in [0.2, 0.25) is 5.91 Å². The topological polar surface area (TPSA) is 136 Å². The first-order chi connectivity index (χ1) is 17.6. The number of pyridine rings is 1. The minimum atomic E-state index is -3.69. The normalized spacial score (nSPS) is 21.6. The van der Waals surface area contributed by atoms with E-state index in [2.05, 4.69) is 15.1 Å². The molecule has 2 aliphatic heterocycles. The van der Waals surface area contributed by atoms with Crippen LogP contribution in [0.4, 0.5) is 5.82 Å². The molecule has 2 bridgehead atoms. The number of sulfone groups is 1. The number of hydrogen-bond donors (Lipinski definition) is 1. The van der Waals surface area contributed by atoms with Gasteiger partial charge in [0.1, 0.15) is 10.7 Å². The third kappa shape index (κ3) is 3.98. The van der Waals surface area contributed by atoms with Gasteiger partial charge in [-0.3, -0.25) is 9.78 Å². The van der Waals surface area contributed by atoms with Crippen molar-refractivity contribution in [3.63, 3.8) is 0 Å². The molecule has 0 aliphatic carbocycles. The van der Waals surface area contributed by atoms with Gasteiger partial charge in [0, 0.05) is 53.9 Å². The minimum Gasteiger partial charge on any atom is -0.382 e. The predicted molar refractivity (Wildman–Crippen MR) is 141 cm³/mol. The van der Waals surface area contributed by atoms with Crippen LogP contribution in [0.5, 0.6) is 0 Å². The first-order valence-electron chi connectivity index (χ1n) is 12.2. The van der Waals surface area contributed by atoms with Crippen molar-refractivity contribution in [2.75, 3.05) is 12.0 Å². The lowest BCUT2D eigenvalue weighted by atomic mass is 9.87. The van der Waals surface area contributed by atoms with Gasteiger partial charge < -0.3 is 10.6 Å². The number of thiazole rings is 1. The van der Waals surface area contributed by atoms with Crippen molar-refractivity contribution in [2.45, 2.75) is 62.4 Å². The maximum Gasteiger partial charge on any atom is 0.219 e. The Morgan fingerprint density at radius 3 is 2.41 bits per heavy atom. The molecule has 4 aromatic heterocycles. The zero-order valence-corrected chi connectivity index (χ0v) is 22.4. The lowest BCUT2D eigenvalue weighted by molar-refractivity contribution is -0.133. The Hall–Kier alpha value is -3.38. The van der Waals surface area contributed by atoms with Gasteiger partial charge in [-0.25, -0.2) is 18.4 Å². The molecule has 192 valence electrons. The van der Waals surface area contributed by atoms with Gasteiger partial charge in [-0.15, -0.1) is 11.3 Å². The average Bonchev–Trinajstić information content (AvgIpc) is 3.54. The Morgan fingerprint density at radius 1 is 1.11 bits per heavy atom. The number of nitrogens with two attached hydrogens (primary N) is 1. The molecule has 0 unspecified atom stereocenters. The summed E-state index contributed by atoms with van der Waals surface area (Å²) in [7, 11) is -3.69. The molecular weight excluding hydrogens is 510 g/mol. The van der Waals surface area contributed by atoms with Crippen molar-refractivity contribution >= 4 is 38.5 Å². The SMILES string of the molecule is CC(=O)N1[C@@H]2CC[C@H]1C[C@@H](c1nc3c(-c4ccc(-c5csc(C)n5)nc4)cnn3c(N)c1S(C)(=O)=O)C2. The van der Waals surface area contributed by atoms with Gasteiger partial charge in [-0.1, -0.05) is 6.07 Å². The summed E-state index contributed by atoms with van der Waals surface area (Å²) in [5.74, 6) is -0.00190. The zero-order chi connectivity index (χ0) is 26.1. The highest BCUT2D eigenvalue weighted by molar-refractivity contribution is 7.91. The summed E-state index contributed by atoms with van der Waals surface area (Å²) in [6.07, 6.45) is 7.70. The van der Waals surface area contributed by atoms with E-state index in [1.165, 1.54) is 4.52 Å². The summed E-state index contributed by atoms with van der Waals surface area (Å²) < 4.78 is 27.2. The van der Waals surface area contributed by atoms with E-state index >= 15 is 0 Å². The number of aromatic nitrogens is 5. The number of nitrogen functional groups attached to an aromatic ring is 1.